The van der Waals surface area contributed by atoms with E-state index in [1.807, 2.05) is 44.2 Å². The van der Waals surface area contributed by atoms with E-state index in [0.29, 0.717) is 17.7 Å². The van der Waals surface area contributed by atoms with Gasteiger partial charge in [0.1, 0.15) is 11.1 Å². The molecule has 0 unspecified atom stereocenters. The van der Waals surface area contributed by atoms with Crippen LogP contribution in [0.25, 0.3) is 0 Å². The van der Waals surface area contributed by atoms with Crippen LogP contribution in [0.1, 0.15) is 37.3 Å². The lowest BCUT2D eigenvalue weighted by Gasteiger charge is -2.11. The fourth-order valence-corrected chi connectivity index (χ4v) is 2.35. The summed E-state index contributed by atoms with van der Waals surface area (Å²) in [6.07, 6.45) is -0.545. The summed E-state index contributed by atoms with van der Waals surface area (Å²) in [5, 5.41) is 12.1. The molecule has 1 aromatic carbocycles. The summed E-state index contributed by atoms with van der Waals surface area (Å²) < 4.78 is 5.56. The Balaban J connectivity index is 1.84. The zero-order valence-electron chi connectivity index (χ0n) is 12.4. The molecule has 0 spiro atoms. The molecular weight excluding hydrogens is 286 g/mol. The molecule has 0 radical (unpaired) electrons. The highest BCUT2D eigenvalue weighted by Gasteiger charge is 2.16. The molecule has 2 rings (SSSR count). The minimum Gasteiger partial charge on any atom is -0.364 e. The predicted octanol–water partition coefficient (Wildman–Crippen LogP) is 3.21. The molecule has 21 heavy (non-hydrogen) atoms. The molecule has 0 aliphatic heterocycles. The predicted molar refractivity (Wildman–Crippen MR) is 83.3 cm³/mol. The molecule has 0 fully saturated rings. The van der Waals surface area contributed by atoms with Crippen LogP contribution in [0.15, 0.2) is 30.3 Å². The molecule has 2 aromatic rings. The Kier molecular flexibility index (Phi) is 5.41. The monoisotopic (exact) mass is 305 g/mol. The second kappa shape index (κ2) is 7.28. The standard InChI is InChI=1S/C15H19N3O2S/c1-10(2)14-17-18-15(21-14)16-13(19)11(3)20-9-12-7-5-4-6-8-12/h4-8,10-11H,9H2,1-3H3,(H,16,18,19)/t11-/m0/s1. The molecule has 0 aliphatic rings. The highest BCUT2D eigenvalue weighted by Crippen LogP contribution is 2.22. The van der Waals surface area contributed by atoms with Gasteiger partial charge >= 0.3 is 0 Å². The van der Waals surface area contributed by atoms with Gasteiger partial charge in [-0.1, -0.05) is 55.5 Å². The minimum atomic E-state index is -0.545. The third-order valence-electron chi connectivity index (χ3n) is 2.88. The molecule has 1 heterocycles. The number of aromatic nitrogens is 2. The summed E-state index contributed by atoms with van der Waals surface area (Å²) >= 11 is 1.39. The van der Waals surface area contributed by atoms with Crippen molar-refractivity contribution < 1.29 is 9.53 Å². The van der Waals surface area contributed by atoms with Crippen LogP contribution in [0.2, 0.25) is 0 Å². The number of anilines is 1. The maximum atomic E-state index is 12.0. The number of hydrogen-bond acceptors (Lipinski definition) is 5. The van der Waals surface area contributed by atoms with Crippen molar-refractivity contribution in [1.82, 2.24) is 10.2 Å². The fraction of sp³-hybridized carbons (Fsp3) is 0.400. The van der Waals surface area contributed by atoms with E-state index in [-0.39, 0.29) is 5.91 Å². The lowest BCUT2D eigenvalue weighted by atomic mass is 10.2. The van der Waals surface area contributed by atoms with Crippen molar-refractivity contribution >= 4 is 22.4 Å². The molecule has 1 aromatic heterocycles. The maximum absolute atomic E-state index is 12.0. The van der Waals surface area contributed by atoms with E-state index in [9.17, 15) is 4.79 Å². The average Bonchev–Trinajstić information content (AvgIpc) is 2.94. The van der Waals surface area contributed by atoms with Gasteiger partial charge in [0, 0.05) is 5.92 Å². The maximum Gasteiger partial charge on any atom is 0.255 e. The summed E-state index contributed by atoms with van der Waals surface area (Å²) in [4.78, 5) is 12.0. The topological polar surface area (TPSA) is 64.1 Å². The summed E-state index contributed by atoms with van der Waals surface area (Å²) in [6.45, 7) is 6.21. The molecule has 6 heteroatoms. The van der Waals surface area contributed by atoms with E-state index in [0.717, 1.165) is 10.6 Å². The Bertz CT molecular complexity index is 584. The fourth-order valence-electron chi connectivity index (χ4n) is 1.60. The molecule has 0 aliphatic carbocycles. The molecule has 5 nitrogen and oxygen atoms in total. The average molecular weight is 305 g/mol. The normalized spacial score (nSPS) is 12.4. The smallest absolute Gasteiger partial charge is 0.255 e. The quantitative estimate of drug-likeness (QED) is 0.890. The van der Waals surface area contributed by atoms with E-state index in [1.165, 1.54) is 11.3 Å². The summed E-state index contributed by atoms with van der Waals surface area (Å²) in [5.41, 5.74) is 1.04. The van der Waals surface area contributed by atoms with Gasteiger partial charge < -0.3 is 4.74 Å². The lowest BCUT2D eigenvalue weighted by Crippen LogP contribution is -2.27. The zero-order chi connectivity index (χ0) is 15.2. The lowest BCUT2D eigenvalue weighted by molar-refractivity contribution is -0.127. The highest BCUT2D eigenvalue weighted by molar-refractivity contribution is 7.15. The van der Waals surface area contributed by atoms with Gasteiger partial charge in [-0.15, -0.1) is 10.2 Å². The first kappa shape index (κ1) is 15.6. The minimum absolute atomic E-state index is 0.211. The molecule has 1 atom stereocenters. The van der Waals surface area contributed by atoms with Crippen molar-refractivity contribution in [3.8, 4) is 0 Å². The Labute approximate surface area is 128 Å². The number of carbonyl (C=O) groups excluding carboxylic acids is 1. The van der Waals surface area contributed by atoms with Crippen LogP contribution in [0, 0.1) is 0 Å². The molecule has 0 bridgehead atoms. The van der Waals surface area contributed by atoms with Crippen LogP contribution >= 0.6 is 11.3 Å². The van der Waals surface area contributed by atoms with E-state index in [1.54, 1.807) is 6.92 Å². The molecule has 0 saturated carbocycles. The van der Waals surface area contributed by atoms with Crippen LogP contribution in [-0.4, -0.2) is 22.2 Å². The third kappa shape index (κ3) is 4.61. The number of hydrogen-bond donors (Lipinski definition) is 1. The largest absolute Gasteiger partial charge is 0.364 e. The van der Waals surface area contributed by atoms with Gasteiger partial charge in [0.05, 0.1) is 6.61 Å². The number of rotatable bonds is 6. The molecule has 112 valence electrons. The van der Waals surface area contributed by atoms with Crippen LogP contribution in [-0.2, 0) is 16.1 Å². The van der Waals surface area contributed by atoms with Crippen molar-refractivity contribution in [2.24, 2.45) is 0 Å². The van der Waals surface area contributed by atoms with Crippen molar-refractivity contribution in [3.05, 3.63) is 40.9 Å². The van der Waals surface area contributed by atoms with E-state index in [2.05, 4.69) is 15.5 Å². The summed E-state index contributed by atoms with van der Waals surface area (Å²) in [5.74, 6) is 0.0947. The summed E-state index contributed by atoms with van der Waals surface area (Å²) in [7, 11) is 0. The summed E-state index contributed by atoms with van der Waals surface area (Å²) in [6, 6.07) is 9.76. The van der Waals surface area contributed by atoms with Crippen molar-refractivity contribution in [3.63, 3.8) is 0 Å². The second-order valence-electron chi connectivity index (χ2n) is 5.03. The first-order valence-corrected chi connectivity index (χ1v) is 7.67. The number of amides is 1. The number of carbonyl (C=O) groups is 1. The van der Waals surface area contributed by atoms with Gasteiger partial charge in [0.15, 0.2) is 0 Å². The number of benzene rings is 1. The Morgan fingerprint density at radius 2 is 1.95 bits per heavy atom. The number of nitrogens with zero attached hydrogens (tertiary/aromatic N) is 2. The molecule has 1 amide bonds. The first-order valence-electron chi connectivity index (χ1n) is 6.86. The van der Waals surface area contributed by atoms with Crippen LogP contribution in [0.4, 0.5) is 5.13 Å². The van der Waals surface area contributed by atoms with Crippen molar-refractivity contribution in [2.75, 3.05) is 5.32 Å². The Hall–Kier alpha value is -1.79. The van der Waals surface area contributed by atoms with Crippen LogP contribution in [0.3, 0.4) is 0 Å². The Morgan fingerprint density at radius 1 is 1.24 bits per heavy atom. The number of ether oxygens (including phenoxy) is 1. The van der Waals surface area contributed by atoms with Gasteiger partial charge in [-0.3, -0.25) is 10.1 Å². The number of nitrogens with one attached hydrogen (secondary N) is 1. The zero-order valence-corrected chi connectivity index (χ0v) is 13.2. The van der Waals surface area contributed by atoms with Crippen LogP contribution < -0.4 is 5.32 Å². The molecular formula is C15H19N3O2S. The second-order valence-corrected chi connectivity index (χ2v) is 6.04. The molecule has 0 saturated heterocycles. The third-order valence-corrected chi connectivity index (χ3v) is 4.02. The van der Waals surface area contributed by atoms with E-state index < -0.39 is 6.10 Å². The van der Waals surface area contributed by atoms with Crippen molar-refractivity contribution in [2.45, 2.75) is 39.4 Å². The molecule has 1 N–H and O–H groups in total. The van der Waals surface area contributed by atoms with Crippen molar-refractivity contribution in [1.29, 1.82) is 0 Å². The van der Waals surface area contributed by atoms with Gasteiger partial charge in [0.2, 0.25) is 5.13 Å². The highest BCUT2D eigenvalue weighted by atomic mass is 32.1. The van der Waals surface area contributed by atoms with Gasteiger partial charge in [-0.25, -0.2) is 0 Å². The van der Waals surface area contributed by atoms with Gasteiger partial charge in [-0.2, -0.15) is 0 Å². The first-order chi connectivity index (χ1) is 10.1. The van der Waals surface area contributed by atoms with E-state index in [4.69, 9.17) is 4.74 Å². The van der Waals surface area contributed by atoms with Crippen LogP contribution in [0.5, 0.6) is 0 Å². The van der Waals surface area contributed by atoms with Gasteiger partial charge in [-0.05, 0) is 12.5 Å². The van der Waals surface area contributed by atoms with Gasteiger partial charge in [0.25, 0.3) is 5.91 Å². The Morgan fingerprint density at radius 3 is 2.57 bits per heavy atom. The SMILES string of the molecule is CC(C)c1nnc(NC(=O)[C@H](C)OCc2ccccc2)s1. The van der Waals surface area contributed by atoms with E-state index >= 15 is 0 Å².